The molecule has 1 radical (unpaired) electrons. The third-order valence-corrected chi connectivity index (χ3v) is 1.16. The van der Waals surface area contributed by atoms with E-state index in [1.54, 1.807) is 6.42 Å². The van der Waals surface area contributed by atoms with Crippen LogP contribution < -0.4 is 0 Å². The van der Waals surface area contributed by atoms with Crippen LogP contribution in [0.25, 0.3) is 0 Å². The first kappa shape index (κ1) is 3.59. The van der Waals surface area contributed by atoms with Gasteiger partial charge in [-0.15, -0.1) is 0 Å². The second-order valence-corrected chi connectivity index (χ2v) is 2.49. The normalized spacial score (nSPS) is 30.0. The van der Waals surface area contributed by atoms with Crippen molar-refractivity contribution in [3.05, 3.63) is 6.42 Å². The van der Waals surface area contributed by atoms with E-state index in [1.807, 2.05) is 0 Å². The quantitative estimate of drug-likeness (QED) is 0.446. The minimum Gasteiger partial charge on any atom is -0.231 e. The van der Waals surface area contributed by atoms with Crippen molar-refractivity contribution in [3.63, 3.8) is 0 Å². The largest absolute Gasteiger partial charge is 0.231 e. The summed E-state index contributed by atoms with van der Waals surface area (Å²) in [6.07, 6.45) is 2.14. The summed E-state index contributed by atoms with van der Waals surface area (Å²) >= 11 is 2.76. The lowest BCUT2D eigenvalue weighted by molar-refractivity contribution is 0.462. The second-order valence-electron chi connectivity index (χ2n) is 1.17. The lowest BCUT2D eigenvalue weighted by atomic mass is 10.9. The summed E-state index contributed by atoms with van der Waals surface area (Å²) in [7, 11) is 0. The molecule has 0 spiro atoms. The number of rotatable bonds is 0. The predicted octanol–water partition coefficient (Wildman–Crippen LogP) is 1.66. The molecule has 5 heavy (non-hydrogen) atoms. The van der Waals surface area contributed by atoms with Crippen molar-refractivity contribution in [2.75, 3.05) is 0 Å². The van der Waals surface area contributed by atoms with Gasteiger partial charge in [0.1, 0.15) is 0 Å². The van der Waals surface area contributed by atoms with Crippen LogP contribution in [0.5, 0.6) is 0 Å². The van der Waals surface area contributed by atoms with E-state index in [0.29, 0.717) is 6.42 Å². The van der Waals surface area contributed by atoms with E-state index in [0.717, 1.165) is 0 Å². The fraction of sp³-hybridized carbons (Fsp3) is 0.667. The van der Waals surface area contributed by atoms with Crippen LogP contribution in [0.3, 0.4) is 0 Å². The van der Waals surface area contributed by atoms with Crippen LogP contribution in [0.4, 0.5) is 4.39 Å². The van der Waals surface area contributed by atoms with Gasteiger partial charge in [0.15, 0.2) is 4.58 Å². The summed E-state index contributed by atoms with van der Waals surface area (Å²) in [4.78, 5) is 0. The van der Waals surface area contributed by atoms with E-state index in [-0.39, 0.29) is 0 Å². The van der Waals surface area contributed by atoms with Crippen molar-refractivity contribution in [1.82, 2.24) is 0 Å². The van der Waals surface area contributed by atoms with Crippen molar-refractivity contribution >= 4 is 15.9 Å². The van der Waals surface area contributed by atoms with E-state index >= 15 is 0 Å². The van der Waals surface area contributed by atoms with Crippen LogP contribution in [0.2, 0.25) is 0 Å². The Morgan fingerprint density at radius 1 is 2.00 bits per heavy atom. The summed E-state index contributed by atoms with van der Waals surface area (Å²) in [5.41, 5.74) is 0. The first-order valence-electron chi connectivity index (χ1n) is 1.43. The predicted molar refractivity (Wildman–Crippen MR) is 21.7 cm³/mol. The Morgan fingerprint density at radius 3 is 2.20 bits per heavy atom. The lowest BCUT2D eigenvalue weighted by Gasteiger charge is -1.77. The lowest BCUT2D eigenvalue weighted by Crippen LogP contribution is -1.75. The molecule has 0 aliphatic heterocycles. The fourth-order valence-corrected chi connectivity index (χ4v) is 0.239. The van der Waals surface area contributed by atoms with Gasteiger partial charge in [0, 0.05) is 6.42 Å². The van der Waals surface area contributed by atoms with E-state index in [1.165, 1.54) is 0 Å². The van der Waals surface area contributed by atoms with Crippen LogP contribution in [-0.2, 0) is 0 Å². The van der Waals surface area contributed by atoms with Crippen molar-refractivity contribution < 1.29 is 4.39 Å². The molecular weight excluding hydrogens is 135 g/mol. The standard InChI is InChI=1S/C3H3BrF/c4-3(5)1-2-3/h1H,2H2. The molecule has 0 amide bonds. The van der Waals surface area contributed by atoms with Crippen molar-refractivity contribution in [2.24, 2.45) is 0 Å². The Labute approximate surface area is 38.5 Å². The number of hydrogen-bond donors (Lipinski definition) is 0. The Balaban J connectivity index is 2.38. The first-order valence-corrected chi connectivity index (χ1v) is 2.22. The molecule has 0 nitrogen and oxygen atoms in total. The van der Waals surface area contributed by atoms with Gasteiger partial charge < -0.3 is 0 Å². The number of alkyl halides is 2. The Kier molecular flexibility index (Phi) is 0.521. The zero-order valence-corrected chi connectivity index (χ0v) is 4.13. The minimum atomic E-state index is -1.06. The Hall–Kier alpha value is 0.410. The molecule has 1 unspecified atom stereocenters. The highest BCUT2D eigenvalue weighted by atomic mass is 79.9. The zero-order chi connectivity index (χ0) is 3.91. The van der Waals surface area contributed by atoms with Gasteiger partial charge in [0.2, 0.25) is 0 Å². The van der Waals surface area contributed by atoms with Crippen molar-refractivity contribution in [2.45, 2.75) is 11.0 Å². The maximum Gasteiger partial charge on any atom is 0.168 e. The van der Waals surface area contributed by atoms with E-state index in [4.69, 9.17) is 0 Å². The van der Waals surface area contributed by atoms with Gasteiger partial charge in [-0.2, -0.15) is 0 Å². The molecule has 0 aromatic heterocycles. The smallest absolute Gasteiger partial charge is 0.168 e. The van der Waals surface area contributed by atoms with Gasteiger partial charge in [-0.05, 0) is 22.4 Å². The van der Waals surface area contributed by atoms with Crippen molar-refractivity contribution in [3.8, 4) is 0 Å². The highest BCUT2D eigenvalue weighted by molar-refractivity contribution is 9.10. The van der Waals surface area contributed by atoms with E-state index < -0.39 is 4.58 Å². The topological polar surface area (TPSA) is 0 Å². The van der Waals surface area contributed by atoms with Gasteiger partial charge in [-0.3, -0.25) is 0 Å². The molecule has 0 saturated heterocycles. The number of hydrogen-bond acceptors (Lipinski definition) is 0. The van der Waals surface area contributed by atoms with Gasteiger partial charge in [-0.1, -0.05) is 0 Å². The highest BCUT2D eigenvalue weighted by Crippen LogP contribution is 2.44. The zero-order valence-electron chi connectivity index (χ0n) is 2.54. The molecule has 0 aromatic rings. The van der Waals surface area contributed by atoms with Crippen LogP contribution in [0.15, 0.2) is 0 Å². The summed E-state index contributed by atoms with van der Waals surface area (Å²) in [6, 6.07) is 0. The molecule has 29 valence electrons. The second kappa shape index (κ2) is 0.725. The minimum absolute atomic E-state index is 0.576. The molecule has 0 aromatic carbocycles. The fourth-order valence-electron chi connectivity index (χ4n) is 0.0772. The first-order chi connectivity index (χ1) is 2.21. The maximum atomic E-state index is 11.7. The van der Waals surface area contributed by atoms with Crippen molar-refractivity contribution in [1.29, 1.82) is 0 Å². The molecule has 1 atom stereocenters. The van der Waals surface area contributed by atoms with Crippen LogP contribution >= 0.6 is 15.9 Å². The molecule has 1 fully saturated rings. The average Bonchev–Trinajstić information content (AvgIpc) is 1.76. The molecule has 1 saturated carbocycles. The molecular formula is C3H3BrF. The summed E-state index contributed by atoms with van der Waals surface area (Å²) in [6.45, 7) is 0. The molecule has 1 aliphatic rings. The summed E-state index contributed by atoms with van der Waals surface area (Å²) in [5, 5.41) is 0. The van der Waals surface area contributed by atoms with Gasteiger partial charge in [0.25, 0.3) is 0 Å². The summed E-state index contributed by atoms with van der Waals surface area (Å²) < 4.78 is 10.6. The van der Waals surface area contributed by atoms with Gasteiger partial charge in [0.05, 0.1) is 0 Å². The third kappa shape index (κ3) is 0.875. The number of halogens is 2. The molecule has 2 heteroatoms. The van der Waals surface area contributed by atoms with Crippen LogP contribution in [0, 0.1) is 6.42 Å². The molecule has 1 aliphatic carbocycles. The molecule has 0 heterocycles. The monoisotopic (exact) mass is 137 g/mol. The van der Waals surface area contributed by atoms with Crippen LogP contribution in [-0.4, -0.2) is 4.58 Å². The van der Waals surface area contributed by atoms with Gasteiger partial charge in [-0.25, -0.2) is 4.39 Å². The summed E-state index contributed by atoms with van der Waals surface area (Å²) in [5.74, 6) is 0. The van der Waals surface area contributed by atoms with E-state index in [9.17, 15) is 4.39 Å². The van der Waals surface area contributed by atoms with Crippen LogP contribution in [0.1, 0.15) is 6.42 Å². The Morgan fingerprint density at radius 2 is 2.20 bits per heavy atom. The SMILES string of the molecule is FC1(Br)[CH]C1. The molecule has 0 N–H and O–H groups in total. The Bertz CT molecular complexity index is 44.9. The maximum absolute atomic E-state index is 11.7. The third-order valence-electron chi connectivity index (χ3n) is 0.513. The molecule has 1 rings (SSSR count). The average molecular weight is 138 g/mol. The van der Waals surface area contributed by atoms with E-state index in [2.05, 4.69) is 15.9 Å². The highest BCUT2D eigenvalue weighted by Gasteiger charge is 2.40. The molecule has 0 bridgehead atoms. The van der Waals surface area contributed by atoms with Gasteiger partial charge >= 0.3 is 0 Å².